The van der Waals surface area contributed by atoms with E-state index in [2.05, 4.69) is 4.99 Å². The lowest BCUT2D eigenvalue weighted by atomic mass is 10.1. The lowest BCUT2D eigenvalue weighted by molar-refractivity contribution is -0.145. The maximum Gasteiger partial charge on any atom is 0.307 e. The fourth-order valence-corrected chi connectivity index (χ4v) is 4.79. The van der Waals surface area contributed by atoms with Gasteiger partial charge < -0.3 is 9.64 Å². The van der Waals surface area contributed by atoms with Crippen molar-refractivity contribution >= 4 is 51.9 Å². The summed E-state index contributed by atoms with van der Waals surface area (Å²) < 4.78 is 5.34. The number of amides is 1. The first-order valence-corrected chi connectivity index (χ1v) is 13.1. The van der Waals surface area contributed by atoms with Crippen molar-refractivity contribution in [2.45, 2.75) is 18.3 Å². The van der Waals surface area contributed by atoms with Gasteiger partial charge in [-0.3, -0.25) is 14.4 Å². The van der Waals surface area contributed by atoms with E-state index in [1.54, 1.807) is 12.6 Å². The van der Waals surface area contributed by atoms with E-state index >= 15 is 0 Å². The Labute approximate surface area is 226 Å². The van der Waals surface area contributed by atoms with E-state index < -0.39 is 5.25 Å². The molecular formula is C31H28N2O4S. The van der Waals surface area contributed by atoms with Gasteiger partial charge in [-0.15, -0.1) is 0 Å². The quantitative estimate of drug-likeness (QED) is 0.0985. The molecule has 0 aliphatic rings. The predicted molar refractivity (Wildman–Crippen MR) is 153 cm³/mol. The number of rotatable bonds is 11. The fraction of sp³-hybridized carbons (Fsp3) is 0.161. The second kappa shape index (κ2) is 13.4. The number of esters is 1. The average Bonchev–Trinajstić information content (AvgIpc) is 2.97. The lowest BCUT2D eigenvalue weighted by Crippen LogP contribution is -2.32. The van der Waals surface area contributed by atoms with Crippen molar-refractivity contribution in [1.82, 2.24) is 4.90 Å². The molecule has 0 N–H and O–H groups in total. The second-order valence-corrected chi connectivity index (χ2v) is 9.65. The minimum atomic E-state index is -0.564. The number of likely N-dealkylation sites (N-methyl/N-ethyl adjacent to an activating group) is 1. The highest BCUT2D eigenvalue weighted by molar-refractivity contribution is 8.12. The van der Waals surface area contributed by atoms with Gasteiger partial charge in [0.05, 0.1) is 17.7 Å². The molecule has 0 radical (unpaired) electrons. The summed E-state index contributed by atoms with van der Waals surface area (Å²) in [6.45, 7) is 0.432. The summed E-state index contributed by atoms with van der Waals surface area (Å²) in [5.41, 5.74) is 4.36. The number of thioether (sulfide) groups is 1. The van der Waals surface area contributed by atoms with Crippen LogP contribution in [0.1, 0.15) is 33.2 Å². The predicted octanol–water partition coefficient (Wildman–Crippen LogP) is 6.38. The maximum atomic E-state index is 13.4. The Hall–Kier alpha value is -4.23. The van der Waals surface area contributed by atoms with Crippen LogP contribution in [0.15, 0.2) is 102 Å². The minimum Gasteiger partial charge on any atom is -0.461 e. The molecule has 0 aromatic heterocycles. The van der Waals surface area contributed by atoms with E-state index in [4.69, 9.17) is 4.74 Å². The van der Waals surface area contributed by atoms with Crippen LogP contribution in [0.2, 0.25) is 0 Å². The second-order valence-electron chi connectivity index (χ2n) is 8.69. The summed E-state index contributed by atoms with van der Waals surface area (Å²) in [5, 5.41) is 1.37. The number of hydrogen-bond acceptors (Lipinski definition) is 6. The fourth-order valence-electron chi connectivity index (χ4n) is 3.89. The zero-order chi connectivity index (χ0) is 26.7. The first kappa shape index (κ1) is 26.8. The van der Waals surface area contributed by atoms with Gasteiger partial charge in [-0.1, -0.05) is 96.7 Å². The molecule has 0 aliphatic heterocycles. The Morgan fingerprint density at radius 2 is 1.55 bits per heavy atom. The topological polar surface area (TPSA) is 76.0 Å². The average molecular weight is 525 g/mol. The number of ether oxygens (including phenoxy) is 1. The number of carbonyl (C=O) groups is 3. The van der Waals surface area contributed by atoms with Crippen molar-refractivity contribution in [1.29, 1.82) is 0 Å². The summed E-state index contributed by atoms with van der Waals surface area (Å²) in [7, 11) is 1.67. The molecule has 7 heteroatoms. The summed E-state index contributed by atoms with van der Waals surface area (Å²) in [6, 6.07) is 30.3. The van der Waals surface area contributed by atoms with Crippen LogP contribution < -0.4 is 0 Å². The first-order chi connectivity index (χ1) is 18.5. The molecule has 1 atom stereocenters. The number of carbonyl (C=O) groups excluding carboxylic acids is 3. The number of benzene rings is 4. The van der Waals surface area contributed by atoms with Gasteiger partial charge in [-0.05, 0) is 34.0 Å². The standard InChI is InChI=1S/C31H28N2O4S/c1-33(17-16-29(35)37-21-23-10-4-2-5-11-23)31(36)30(24-12-6-3-7-13-24)38-22-32-28-19-26-15-9-8-14-25(26)18-27(28)20-34/h2-15,18-20,22,30H,16-17,21H2,1H3. The van der Waals surface area contributed by atoms with E-state index in [1.165, 1.54) is 16.7 Å². The summed E-state index contributed by atoms with van der Waals surface area (Å²) in [5.74, 6) is -0.519. The van der Waals surface area contributed by atoms with Crippen molar-refractivity contribution in [3.63, 3.8) is 0 Å². The van der Waals surface area contributed by atoms with Gasteiger partial charge in [0.2, 0.25) is 5.91 Å². The highest BCUT2D eigenvalue weighted by Crippen LogP contribution is 2.31. The smallest absolute Gasteiger partial charge is 0.307 e. The molecule has 0 saturated heterocycles. The van der Waals surface area contributed by atoms with Crippen LogP contribution in [0.25, 0.3) is 10.8 Å². The molecule has 4 rings (SSSR count). The zero-order valence-electron chi connectivity index (χ0n) is 21.0. The Morgan fingerprint density at radius 3 is 2.24 bits per heavy atom. The largest absolute Gasteiger partial charge is 0.461 e. The van der Waals surface area contributed by atoms with E-state index in [0.29, 0.717) is 11.3 Å². The van der Waals surface area contributed by atoms with Gasteiger partial charge in [0.1, 0.15) is 11.9 Å². The summed E-state index contributed by atoms with van der Waals surface area (Å²) in [6.07, 6.45) is 0.878. The molecule has 0 aliphatic carbocycles. The van der Waals surface area contributed by atoms with Crippen molar-refractivity contribution in [3.05, 3.63) is 114 Å². The first-order valence-electron chi connectivity index (χ1n) is 12.2. The molecule has 38 heavy (non-hydrogen) atoms. The van der Waals surface area contributed by atoms with Crippen molar-refractivity contribution in [2.75, 3.05) is 13.6 Å². The summed E-state index contributed by atoms with van der Waals surface area (Å²) >= 11 is 1.26. The van der Waals surface area contributed by atoms with Gasteiger partial charge in [0.25, 0.3) is 0 Å². The van der Waals surface area contributed by atoms with Crippen LogP contribution in [0, 0.1) is 0 Å². The van der Waals surface area contributed by atoms with Crippen LogP contribution in [-0.4, -0.2) is 42.2 Å². The molecule has 0 spiro atoms. The Morgan fingerprint density at radius 1 is 0.921 bits per heavy atom. The van der Waals surface area contributed by atoms with Gasteiger partial charge in [0.15, 0.2) is 6.29 Å². The summed E-state index contributed by atoms with van der Waals surface area (Å²) in [4.78, 5) is 43.4. The van der Waals surface area contributed by atoms with Gasteiger partial charge in [-0.25, -0.2) is 4.99 Å². The van der Waals surface area contributed by atoms with Crippen molar-refractivity contribution < 1.29 is 19.1 Å². The van der Waals surface area contributed by atoms with Crippen molar-refractivity contribution in [2.24, 2.45) is 4.99 Å². The van der Waals surface area contributed by atoms with Gasteiger partial charge in [0, 0.05) is 19.2 Å². The van der Waals surface area contributed by atoms with Gasteiger partial charge >= 0.3 is 5.97 Å². The highest BCUT2D eigenvalue weighted by Gasteiger charge is 2.24. The van der Waals surface area contributed by atoms with E-state index in [-0.39, 0.29) is 31.4 Å². The van der Waals surface area contributed by atoms with Crippen LogP contribution >= 0.6 is 11.8 Å². The molecule has 192 valence electrons. The molecular weight excluding hydrogens is 496 g/mol. The maximum absolute atomic E-state index is 13.4. The molecule has 6 nitrogen and oxygen atoms in total. The number of nitrogens with zero attached hydrogens (tertiary/aromatic N) is 2. The molecule has 0 heterocycles. The van der Waals surface area contributed by atoms with Crippen LogP contribution in [0.4, 0.5) is 5.69 Å². The SMILES string of the molecule is CN(CCC(=O)OCc1ccccc1)C(=O)C(SC=Nc1cc2ccccc2cc1C=O)c1ccccc1. The number of fused-ring (bicyclic) bond motifs is 1. The third-order valence-corrected chi connectivity index (χ3v) is 6.98. The van der Waals surface area contributed by atoms with Gasteiger partial charge in [-0.2, -0.15) is 0 Å². The minimum absolute atomic E-state index is 0.0924. The van der Waals surface area contributed by atoms with Crippen LogP contribution in [0.5, 0.6) is 0 Å². The highest BCUT2D eigenvalue weighted by atomic mass is 32.2. The molecule has 1 amide bonds. The lowest BCUT2D eigenvalue weighted by Gasteiger charge is -2.22. The van der Waals surface area contributed by atoms with Crippen LogP contribution in [-0.2, 0) is 20.9 Å². The third-order valence-electron chi connectivity index (χ3n) is 6.01. The van der Waals surface area contributed by atoms with E-state index in [1.807, 2.05) is 97.1 Å². The Bertz CT molecular complexity index is 1420. The molecule has 0 fully saturated rings. The van der Waals surface area contributed by atoms with E-state index in [9.17, 15) is 14.4 Å². The van der Waals surface area contributed by atoms with E-state index in [0.717, 1.165) is 28.2 Å². The molecule has 4 aromatic rings. The number of hydrogen-bond donors (Lipinski definition) is 0. The number of aldehydes is 1. The molecule has 0 bridgehead atoms. The third kappa shape index (κ3) is 7.17. The Balaban J connectivity index is 1.42. The van der Waals surface area contributed by atoms with Crippen LogP contribution in [0.3, 0.4) is 0 Å². The number of aliphatic imine (C=N–C) groups is 1. The normalized spacial score (nSPS) is 11.8. The monoisotopic (exact) mass is 524 g/mol. The molecule has 0 saturated carbocycles. The molecule has 4 aromatic carbocycles. The zero-order valence-corrected chi connectivity index (χ0v) is 21.8. The molecule has 1 unspecified atom stereocenters. The van der Waals surface area contributed by atoms with Crippen molar-refractivity contribution in [3.8, 4) is 0 Å². The Kier molecular flexibility index (Phi) is 9.43.